The third-order valence-electron chi connectivity index (χ3n) is 7.09. The van der Waals surface area contributed by atoms with Gasteiger partial charge >= 0.3 is 0 Å². The third-order valence-corrected chi connectivity index (χ3v) is 9.67. The van der Waals surface area contributed by atoms with E-state index in [4.69, 9.17) is 23.2 Å². The summed E-state index contributed by atoms with van der Waals surface area (Å²) in [4.78, 5) is 40.9. The molecule has 1 N–H and O–H groups in total. The van der Waals surface area contributed by atoms with E-state index >= 15 is 0 Å². The fourth-order valence-electron chi connectivity index (χ4n) is 5.09. The molecule has 8 nitrogen and oxygen atoms in total. The first-order valence-corrected chi connectivity index (χ1v) is 15.0. The number of fused-ring (bicyclic) bond motifs is 1. The molecule has 0 saturated heterocycles. The van der Waals surface area contributed by atoms with Gasteiger partial charge in [-0.05, 0) is 55.5 Å². The lowest BCUT2D eigenvalue weighted by atomic mass is 10.1. The Morgan fingerprint density at radius 3 is 2.47 bits per heavy atom. The van der Waals surface area contributed by atoms with Crippen LogP contribution in [0, 0.1) is 0 Å². The Morgan fingerprint density at radius 2 is 1.82 bits per heavy atom. The molecular weight excluding hydrogens is 549 g/mol. The Bertz CT molecular complexity index is 1330. The van der Waals surface area contributed by atoms with Crippen LogP contribution in [-0.2, 0) is 26.2 Å². The molecule has 0 radical (unpaired) electrons. The predicted octanol–water partition coefficient (Wildman–Crippen LogP) is 4.78. The highest BCUT2D eigenvalue weighted by Gasteiger charge is 2.40. The standard InChI is InChI=1S/C27H31Cl2N3O5S/c1-2-23(26(34)30-19-8-3-4-9-19)31(17-18-13-14-21(28)22(29)16-18)25(33)12-7-15-32-27(35)20-10-5-6-11-24(20)38(32,36)37/h5-6,10-11,13-14,16,19,23H,2-4,7-9,12,15,17H2,1H3,(H,30,34). The predicted molar refractivity (Wildman–Crippen MR) is 145 cm³/mol. The van der Waals surface area contributed by atoms with Crippen molar-refractivity contribution in [3.8, 4) is 0 Å². The number of rotatable bonds is 10. The minimum absolute atomic E-state index is 0.0211. The van der Waals surface area contributed by atoms with Crippen molar-refractivity contribution in [3.05, 3.63) is 63.6 Å². The molecule has 1 saturated carbocycles. The molecule has 0 bridgehead atoms. The number of hydrogen-bond acceptors (Lipinski definition) is 5. The SMILES string of the molecule is CCC(C(=O)NC1CCCC1)N(Cc1ccc(Cl)c(Cl)c1)C(=O)CCCN1C(=O)c2ccccc2S1(=O)=O. The lowest BCUT2D eigenvalue weighted by Crippen LogP contribution is -2.51. The van der Waals surface area contributed by atoms with Gasteiger partial charge in [-0.2, -0.15) is 0 Å². The number of nitrogens with one attached hydrogen (secondary N) is 1. The number of carbonyl (C=O) groups is 3. The summed E-state index contributed by atoms with van der Waals surface area (Å²) in [7, 11) is -3.95. The summed E-state index contributed by atoms with van der Waals surface area (Å²) >= 11 is 12.2. The first-order valence-electron chi connectivity index (χ1n) is 12.8. The zero-order valence-corrected chi connectivity index (χ0v) is 23.5. The van der Waals surface area contributed by atoms with Crippen LogP contribution in [0.4, 0.5) is 0 Å². The minimum atomic E-state index is -3.95. The molecule has 1 heterocycles. The third kappa shape index (κ3) is 6.00. The topological polar surface area (TPSA) is 104 Å². The largest absolute Gasteiger partial charge is 0.352 e. The van der Waals surface area contributed by atoms with Crippen molar-refractivity contribution in [2.75, 3.05) is 6.54 Å². The second-order valence-electron chi connectivity index (χ2n) is 9.67. The lowest BCUT2D eigenvalue weighted by molar-refractivity contribution is -0.141. The molecule has 1 fully saturated rings. The summed E-state index contributed by atoms with van der Waals surface area (Å²) in [5.41, 5.74) is 0.849. The molecule has 38 heavy (non-hydrogen) atoms. The average molecular weight is 581 g/mol. The summed E-state index contributed by atoms with van der Waals surface area (Å²) in [6, 6.07) is 10.5. The molecule has 2 aromatic carbocycles. The van der Waals surface area contributed by atoms with Crippen molar-refractivity contribution in [1.29, 1.82) is 0 Å². The molecule has 1 aliphatic carbocycles. The summed E-state index contributed by atoms with van der Waals surface area (Å²) < 4.78 is 26.5. The molecular formula is C27H31Cl2N3O5S. The maximum absolute atomic E-state index is 13.5. The highest BCUT2D eigenvalue weighted by Crippen LogP contribution is 2.30. The van der Waals surface area contributed by atoms with E-state index in [9.17, 15) is 22.8 Å². The van der Waals surface area contributed by atoms with Crippen LogP contribution in [0.15, 0.2) is 47.4 Å². The number of hydrogen-bond donors (Lipinski definition) is 1. The van der Waals surface area contributed by atoms with Crippen LogP contribution in [-0.4, -0.2) is 54.0 Å². The van der Waals surface area contributed by atoms with E-state index in [-0.39, 0.29) is 54.2 Å². The zero-order valence-electron chi connectivity index (χ0n) is 21.2. The summed E-state index contributed by atoms with van der Waals surface area (Å²) in [5.74, 6) is -1.12. The molecule has 4 rings (SSSR count). The Balaban J connectivity index is 1.48. The normalized spacial score (nSPS) is 17.3. The van der Waals surface area contributed by atoms with Gasteiger partial charge in [0.05, 0.1) is 15.6 Å². The molecule has 204 valence electrons. The number of halogens is 2. The summed E-state index contributed by atoms with van der Waals surface area (Å²) in [6.45, 7) is 1.85. The van der Waals surface area contributed by atoms with Gasteiger partial charge in [0.2, 0.25) is 11.8 Å². The van der Waals surface area contributed by atoms with Crippen molar-refractivity contribution < 1.29 is 22.8 Å². The van der Waals surface area contributed by atoms with E-state index in [2.05, 4.69) is 5.32 Å². The second kappa shape index (κ2) is 12.1. The van der Waals surface area contributed by atoms with Crippen LogP contribution < -0.4 is 5.32 Å². The molecule has 2 aliphatic rings. The number of sulfonamides is 1. The van der Waals surface area contributed by atoms with Crippen molar-refractivity contribution in [2.45, 2.75) is 75.4 Å². The highest BCUT2D eigenvalue weighted by molar-refractivity contribution is 7.90. The van der Waals surface area contributed by atoms with Crippen molar-refractivity contribution in [2.24, 2.45) is 0 Å². The Labute approximate surface area is 233 Å². The first kappa shape index (κ1) is 28.4. The van der Waals surface area contributed by atoms with Gasteiger partial charge in [-0.25, -0.2) is 12.7 Å². The summed E-state index contributed by atoms with van der Waals surface area (Å²) in [5, 5.41) is 3.82. The highest BCUT2D eigenvalue weighted by atomic mass is 35.5. The maximum atomic E-state index is 13.5. The Hall–Kier alpha value is -2.62. The van der Waals surface area contributed by atoms with Gasteiger partial charge in [-0.1, -0.05) is 61.2 Å². The van der Waals surface area contributed by atoms with E-state index in [1.165, 1.54) is 17.0 Å². The van der Waals surface area contributed by atoms with Crippen LogP contribution in [0.25, 0.3) is 0 Å². The maximum Gasteiger partial charge on any atom is 0.269 e. The van der Waals surface area contributed by atoms with Gasteiger partial charge < -0.3 is 10.2 Å². The van der Waals surface area contributed by atoms with Gasteiger partial charge in [0.15, 0.2) is 0 Å². The Morgan fingerprint density at radius 1 is 1.11 bits per heavy atom. The minimum Gasteiger partial charge on any atom is -0.352 e. The fourth-order valence-corrected chi connectivity index (χ4v) is 7.02. The van der Waals surface area contributed by atoms with Crippen molar-refractivity contribution in [3.63, 3.8) is 0 Å². The quantitative estimate of drug-likeness (QED) is 0.436. The first-order chi connectivity index (χ1) is 18.1. The van der Waals surface area contributed by atoms with Crippen LogP contribution in [0.5, 0.6) is 0 Å². The molecule has 1 aliphatic heterocycles. The van der Waals surface area contributed by atoms with Crippen LogP contribution in [0.3, 0.4) is 0 Å². The second-order valence-corrected chi connectivity index (χ2v) is 12.3. The molecule has 0 spiro atoms. The van der Waals surface area contributed by atoms with E-state index in [0.29, 0.717) is 22.0 Å². The smallest absolute Gasteiger partial charge is 0.269 e. The van der Waals surface area contributed by atoms with Crippen LogP contribution >= 0.6 is 23.2 Å². The molecule has 1 atom stereocenters. The van der Waals surface area contributed by atoms with E-state index in [1.54, 1.807) is 30.3 Å². The van der Waals surface area contributed by atoms with E-state index < -0.39 is 22.0 Å². The molecule has 2 aromatic rings. The number of amides is 3. The molecule has 11 heteroatoms. The number of carbonyl (C=O) groups excluding carboxylic acids is 3. The molecule has 0 aromatic heterocycles. The van der Waals surface area contributed by atoms with Gasteiger partial charge in [0.1, 0.15) is 10.9 Å². The zero-order chi connectivity index (χ0) is 27.4. The fraction of sp³-hybridized carbons (Fsp3) is 0.444. The summed E-state index contributed by atoms with van der Waals surface area (Å²) in [6.07, 6.45) is 4.46. The lowest BCUT2D eigenvalue weighted by Gasteiger charge is -2.32. The molecule has 1 unspecified atom stereocenters. The van der Waals surface area contributed by atoms with Gasteiger partial charge in [0.25, 0.3) is 15.9 Å². The van der Waals surface area contributed by atoms with Gasteiger partial charge in [-0.15, -0.1) is 0 Å². The van der Waals surface area contributed by atoms with Crippen molar-refractivity contribution in [1.82, 2.24) is 14.5 Å². The number of benzene rings is 2. The monoisotopic (exact) mass is 579 g/mol. The average Bonchev–Trinajstić information content (AvgIpc) is 3.46. The Kier molecular flexibility index (Phi) is 9.00. The molecule has 3 amide bonds. The van der Waals surface area contributed by atoms with Crippen molar-refractivity contribution >= 4 is 50.9 Å². The van der Waals surface area contributed by atoms with E-state index in [1.807, 2.05) is 6.92 Å². The van der Waals surface area contributed by atoms with Crippen LogP contribution in [0.1, 0.15) is 67.8 Å². The van der Waals surface area contributed by atoms with Gasteiger partial charge in [-0.3, -0.25) is 14.4 Å². The van der Waals surface area contributed by atoms with Gasteiger partial charge in [0, 0.05) is 25.6 Å². The van der Waals surface area contributed by atoms with Crippen LogP contribution in [0.2, 0.25) is 10.0 Å². The number of nitrogens with zero attached hydrogens (tertiary/aromatic N) is 2. The van der Waals surface area contributed by atoms with E-state index in [0.717, 1.165) is 30.0 Å².